The van der Waals surface area contributed by atoms with Crippen LogP contribution in [0.4, 0.5) is 0 Å². The van der Waals surface area contributed by atoms with E-state index < -0.39 is 5.79 Å². The molecule has 0 spiro atoms. The largest absolute Gasteiger partial charge is 0.375 e. The molecule has 1 heterocycles. The van der Waals surface area contributed by atoms with Gasteiger partial charge in [-0.25, -0.2) is 0 Å². The van der Waals surface area contributed by atoms with Crippen LogP contribution >= 0.6 is 0 Å². The Labute approximate surface area is 114 Å². The molecule has 6 nitrogen and oxygen atoms in total. The summed E-state index contributed by atoms with van der Waals surface area (Å²) < 4.78 is 17.6. The Morgan fingerprint density at radius 3 is 2.53 bits per heavy atom. The zero-order valence-corrected chi connectivity index (χ0v) is 12.3. The third-order valence-electron chi connectivity index (χ3n) is 3.48. The van der Waals surface area contributed by atoms with Crippen LogP contribution in [-0.2, 0) is 14.2 Å². The van der Waals surface area contributed by atoms with Gasteiger partial charge in [0.2, 0.25) is 0 Å². The second-order valence-electron chi connectivity index (χ2n) is 6.76. The van der Waals surface area contributed by atoms with Crippen LogP contribution in [-0.4, -0.2) is 36.2 Å². The SMILES string of the molecule is CC(C)(C)OC[C@H]1C[C@H](N=[N+]=[N-])C2OC(C)(C)O[C@H]21. The molecule has 0 aromatic heterocycles. The summed E-state index contributed by atoms with van der Waals surface area (Å²) in [6.45, 7) is 10.5. The maximum atomic E-state index is 8.65. The molecule has 6 heteroatoms. The normalized spacial score (nSPS) is 36.9. The minimum Gasteiger partial charge on any atom is -0.375 e. The fraction of sp³-hybridized carbons (Fsp3) is 1.00. The van der Waals surface area contributed by atoms with Crippen molar-refractivity contribution in [1.82, 2.24) is 0 Å². The molecule has 1 saturated carbocycles. The maximum absolute atomic E-state index is 8.65. The van der Waals surface area contributed by atoms with Gasteiger partial charge in [-0.1, -0.05) is 5.11 Å². The summed E-state index contributed by atoms with van der Waals surface area (Å²) in [5.74, 6) is -0.402. The molecule has 0 amide bonds. The van der Waals surface area contributed by atoms with Crippen LogP contribution in [0.1, 0.15) is 41.0 Å². The minimum atomic E-state index is -0.612. The van der Waals surface area contributed by atoms with Crippen LogP contribution in [0.15, 0.2) is 5.11 Å². The van der Waals surface area contributed by atoms with Crippen LogP contribution in [0.5, 0.6) is 0 Å². The molecule has 4 atom stereocenters. The first kappa shape index (κ1) is 14.6. The van der Waals surface area contributed by atoms with Crippen molar-refractivity contribution in [2.45, 2.75) is 70.7 Å². The van der Waals surface area contributed by atoms with Gasteiger partial charge in [0.15, 0.2) is 5.79 Å². The molecule has 0 aromatic carbocycles. The molecule has 2 rings (SSSR count). The van der Waals surface area contributed by atoms with Crippen molar-refractivity contribution in [2.75, 3.05) is 6.61 Å². The van der Waals surface area contributed by atoms with E-state index in [0.29, 0.717) is 6.61 Å². The summed E-state index contributed by atoms with van der Waals surface area (Å²) in [7, 11) is 0. The van der Waals surface area contributed by atoms with Gasteiger partial charge >= 0.3 is 0 Å². The Morgan fingerprint density at radius 2 is 1.95 bits per heavy atom. The van der Waals surface area contributed by atoms with Crippen LogP contribution in [0, 0.1) is 5.92 Å². The number of fused-ring (bicyclic) bond motifs is 1. The van der Waals surface area contributed by atoms with Crippen molar-refractivity contribution in [2.24, 2.45) is 11.0 Å². The quantitative estimate of drug-likeness (QED) is 0.449. The summed E-state index contributed by atoms with van der Waals surface area (Å²) in [5, 5.41) is 3.85. The summed E-state index contributed by atoms with van der Waals surface area (Å²) >= 11 is 0. The van der Waals surface area contributed by atoms with E-state index in [1.807, 2.05) is 34.6 Å². The molecule has 108 valence electrons. The molecule has 0 bridgehead atoms. The lowest BCUT2D eigenvalue weighted by Crippen LogP contribution is -2.31. The molecule has 0 radical (unpaired) electrons. The predicted molar refractivity (Wildman–Crippen MR) is 70.6 cm³/mol. The lowest BCUT2D eigenvalue weighted by atomic mass is 10.1. The van der Waals surface area contributed by atoms with Gasteiger partial charge in [-0.3, -0.25) is 0 Å². The summed E-state index contributed by atoms with van der Waals surface area (Å²) in [5.41, 5.74) is 8.47. The molecule has 2 fully saturated rings. The van der Waals surface area contributed by atoms with Gasteiger partial charge < -0.3 is 14.2 Å². The molecule has 1 unspecified atom stereocenters. The second kappa shape index (κ2) is 4.94. The predicted octanol–water partition coefficient (Wildman–Crippen LogP) is 3.02. The van der Waals surface area contributed by atoms with Crippen molar-refractivity contribution < 1.29 is 14.2 Å². The average Bonchev–Trinajstić information content (AvgIpc) is 2.70. The van der Waals surface area contributed by atoms with E-state index in [-0.39, 0.29) is 29.8 Å². The fourth-order valence-corrected chi connectivity index (χ4v) is 2.76. The van der Waals surface area contributed by atoms with Crippen LogP contribution in [0.3, 0.4) is 0 Å². The highest BCUT2D eigenvalue weighted by molar-refractivity contribution is 5.01. The van der Waals surface area contributed by atoms with Gasteiger partial charge in [0.25, 0.3) is 0 Å². The lowest BCUT2D eigenvalue weighted by Gasteiger charge is -2.26. The van der Waals surface area contributed by atoms with Crippen LogP contribution < -0.4 is 0 Å². The van der Waals surface area contributed by atoms with E-state index in [1.54, 1.807) is 0 Å². The zero-order chi connectivity index (χ0) is 14.3. The number of rotatable bonds is 3. The van der Waals surface area contributed by atoms with E-state index in [2.05, 4.69) is 10.0 Å². The minimum absolute atomic E-state index is 0.0483. The van der Waals surface area contributed by atoms with Gasteiger partial charge in [0.05, 0.1) is 30.5 Å². The molecular formula is C13H23N3O3. The number of hydrogen-bond donors (Lipinski definition) is 0. The lowest BCUT2D eigenvalue weighted by molar-refractivity contribution is -0.162. The van der Waals surface area contributed by atoms with E-state index in [0.717, 1.165) is 6.42 Å². The first-order valence-electron chi connectivity index (χ1n) is 6.76. The highest BCUT2D eigenvalue weighted by Crippen LogP contribution is 2.43. The number of ether oxygens (including phenoxy) is 3. The van der Waals surface area contributed by atoms with Crippen molar-refractivity contribution in [1.29, 1.82) is 0 Å². The van der Waals surface area contributed by atoms with Gasteiger partial charge in [0, 0.05) is 10.8 Å². The van der Waals surface area contributed by atoms with E-state index in [1.165, 1.54) is 0 Å². The Kier molecular flexibility index (Phi) is 3.80. The highest BCUT2D eigenvalue weighted by atomic mass is 16.8. The molecular weight excluding hydrogens is 246 g/mol. The smallest absolute Gasteiger partial charge is 0.163 e. The van der Waals surface area contributed by atoms with Crippen molar-refractivity contribution >= 4 is 0 Å². The summed E-state index contributed by atoms with van der Waals surface area (Å²) in [4.78, 5) is 2.92. The van der Waals surface area contributed by atoms with Crippen molar-refractivity contribution in [3.05, 3.63) is 10.4 Å². The summed E-state index contributed by atoms with van der Waals surface area (Å²) in [6.07, 6.45) is 0.554. The molecule has 19 heavy (non-hydrogen) atoms. The van der Waals surface area contributed by atoms with Gasteiger partial charge in [-0.05, 0) is 46.6 Å². The Bertz CT molecular complexity index is 385. The molecule has 0 N–H and O–H groups in total. The fourth-order valence-electron chi connectivity index (χ4n) is 2.76. The third-order valence-corrected chi connectivity index (χ3v) is 3.48. The molecule has 1 aliphatic heterocycles. The van der Waals surface area contributed by atoms with Gasteiger partial charge in [-0.15, -0.1) is 0 Å². The Balaban J connectivity index is 2.07. The van der Waals surface area contributed by atoms with E-state index in [9.17, 15) is 0 Å². The Morgan fingerprint density at radius 1 is 1.32 bits per heavy atom. The molecule has 1 aliphatic carbocycles. The van der Waals surface area contributed by atoms with Gasteiger partial charge in [-0.2, -0.15) is 0 Å². The van der Waals surface area contributed by atoms with Crippen molar-refractivity contribution in [3.8, 4) is 0 Å². The van der Waals surface area contributed by atoms with Crippen LogP contribution in [0.2, 0.25) is 0 Å². The van der Waals surface area contributed by atoms with E-state index in [4.69, 9.17) is 19.7 Å². The maximum Gasteiger partial charge on any atom is 0.163 e. The summed E-state index contributed by atoms with van der Waals surface area (Å²) in [6, 6.07) is -0.162. The van der Waals surface area contributed by atoms with Crippen LogP contribution in [0.25, 0.3) is 10.4 Å². The number of hydrogen-bond acceptors (Lipinski definition) is 4. The van der Waals surface area contributed by atoms with Gasteiger partial charge in [0.1, 0.15) is 0 Å². The average molecular weight is 269 g/mol. The standard InChI is InChI=1S/C13H23N3O3/c1-12(2,3)17-7-8-6-9(15-16-14)11-10(8)18-13(4,5)19-11/h8-11H,6-7H2,1-5H3/t8-,9+,10+,11?/m1/s1. The van der Waals surface area contributed by atoms with Crippen molar-refractivity contribution in [3.63, 3.8) is 0 Å². The van der Waals surface area contributed by atoms with E-state index >= 15 is 0 Å². The number of azide groups is 1. The first-order chi connectivity index (χ1) is 8.72. The Hall–Kier alpha value is -0.810. The molecule has 1 saturated heterocycles. The monoisotopic (exact) mass is 269 g/mol. The highest BCUT2D eigenvalue weighted by Gasteiger charge is 2.53. The second-order valence-corrected chi connectivity index (χ2v) is 6.76. The first-order valence-corrected chi connectivity index (χ1v) is 6.76. The number of nitrogens with zero attached hydrogens (tertiary/aromatic N) is 3. The third kappa shape index (κ3) is 3.39. The topological polar surface area (TPSA) is 76.5 Å². The molecule has 0 aromatic rings. The molecule has 2 aliphatic rings. The zero-order valence-electron chi connectivity index (χ0n) is 12.3.